The molecule has 2 aromatic rings. The molecule has 106 valence electrons. The van der Waals surface area contributed by atoms with Crippen molar-refractivity contribution in [2.75, 3.05) is 6.61 Å². The summed E-state index contributed by atoms with van der Waals surface area (Å²) in [5.74, 6) is -0.219. The van der Waals surface area contributed by atoms with Gasteiger partial charge >= 0.3 is 0 Å². The summed E-state index contributed by atoms with van der Waals surface area (Å²) in [7, 11) is 0. The highest BCUT2D eigenvalue weighted by Crippen LogP contribution is 2.14. The lowest BCUT2D eigenvalue weighted by Crippen LogP contribution is -2.41. The molecule has 0 saturated carbocycles. The smallest absolute Gasteiger partial charge is 0.275 e. The van der Waals surface area contributed by atoms with E-state index in [2.05, 4.69) is 14.6 Å². The minimum Gasteiger partial charge on any atom is -0.394 e. The quantitative estimate of drug-likeness (QED) is 0.869. The van der Waals surface area contributed by atoms with E-state index in [-0.39, 0.29) is 18.6 Å². The van der Waals surface area contributed by atoms with E-state index < -0.39 is 0 Å². The van der Waals surface area contributed by atoms with Crippen molar-refractivity contribution in [1.29, 1.82) is 0 Å². The van der Waals surface area contributed by atoms with Crippen LogP contribution in [0.3, 0.4) is 0 Å². The Morgan fingerprint density at radius 2 is 2.40 bits per heavy atom. The molecule has 2 aromatic heterocycles. The zero-order chi connectivity index (χ0) is 14.4. The molecule has 1 atom stereocenters. The Morgan fingerprint density at radius 1 is 1.55 bits per heavy atom. The second-order valence-corrected chi connectivity index (χ2v) is 4.94. The van der Waals surface area contributed by atoms with E-state index in [1.807, 2.05) is 19.1 Å². The second kappa shape index (κ2) is 7.06. The van der Waals surface area contributed by atoms with Crippen molar-refractivity contribution >= 4 is 17.4 Å². The molecule has 0 saturated heterocycles. The lowest BCUT2D eigenvalue weighted by atomic mass is 10.1. The molecule has 0 bridgehead atoms. The molecule has 0 radical (unpaired) electrons. The van der Waals surface area contributed by atoms with Gasteiger partial charge in [-0.15, -0.1) is 5.10 Å². The fraction of sp³-hybridized carbons (Fsp3) is 0.385. The van der Waals surface area contributed by atoms with Gasteiger partial charge in [0.05, 0.1) is 12.6 Å². The van der Waals surface area contributed by atoms with Crippen LogP contribution in [0.15, 0.2) is 29.9 Å². The topological polar surface area (TPSA) is 79.2 Å². The molecule has 1 N–H and O–H groups in total. The van der Waals surface area contributed by atoms with Gasteiger partial charge in [-0.05, 0) is 29.6 Å². The van der Waals surface area contributed by atoms with E-state index in [0.717, 1.165) is 17.1 Å². The van der Waals surface area contributed by atoms with E-state index in [0.29, 0.717) is 18.7 Å². The average Bonchev–Trinajstić information content (AvgIpc) is 3.02. The number of aliphatic hydroxyl groups excluding tert-OH is 1. The molecule has 2 heterocycles. The molecule has 0 fully saturated rings. The number of aromatic nitrogens is 3. The van der Waals surface area contributed by atoms with Crippen molar-refractivity contribution in [2.45, 2.75) is 25.9 Å². The van der Waals surface area contributed by atoms with E-state index in [9.17, 15) is 9.90 Å². The minimum atomic E-state index is -0.246. The summed E-state index contributed by atoms with van der Waals surface area (Å²) in [4.78, 5) is 18.1. The highest BCUT2D eigenvalue weighted by atomic mass is 32.1. The number of nitrogens with zero attached hydrogens (tertiary/aromatic N) is 4. The highest BCUT2D eigenvalue weighted by Gasteiger charge is 2.25. The molecule has 7 heteroatoms. The maximum Gasteiger partial charge on any atom is 0.275 e. The van der Waals surface area contributed by atoms with E-state index in [1.165, 1.54) is 0 Å². The number of hydrogen-bond donors (Lipinski definition) is 1. The summed E-state index contributed by atoms with van der Waals surface area (Å²) in [6, 6.07) is 3.48. The summed E-state index contributed by atoms with van der Waals surface area (Å²) < 4.78 is 3.71. The Morgan fingerprint density at radius 3 is 2.95 bits per heavy atom. The van der Waals surface area contributed by atoms with Crippen LogP contribution in [-0.2, 0) is 6.54 Å². The maximum absolute atomic E-state index is 12.5. The number of carbonyl (C=O) groups excluding carboxylic acids is 1. The Balaban J connectivity index is 2.23. The van der Waals surface area contributed by atoms with Crippen molar-refractivity contribution in [3.63, 3.8) is 0 Å². The SMILES string of the molecule is CC[C@@H](CO)N(Cc1cccnc1)C(=O)c1csnn1. The van der Waals surface area contributed by atoms with Crippen molar-refractivity contribution in [1.82, 2.24) is 19.5 Å². The zero-order valence-corrected chi connectivity index (χ0v) is 12.0. The normalized spacial score (nSPS) is 12.1. The van der Waals surface area contributed by atoms with Crippen LogP contribution in [0.2, 0.25) is 0 Å². The van der Waals surface area contributed by atoms with Crippen molar-refractivity contribution < 1.29 is 9.90 Å². The standard InChI is InChI=1S/C13H16N4O2S/c1-2-11(8-18)17(7-10-4-3-5-14-6-10)13(19)12-9-20-16-15-12/h3-6,9,11,18H,2,7-8H2,1H3/t11-/m0/s1. The van der Waals surface area contributed by atoms with E-state index >= 15 is 0 Å². The largest absolute Gasteiger partial charge is 0.394 e. The van der Waals surface area contributed by atoms with E-state index in [1.54, 1.807) is 22.7 Å². The van der Waals surface area contributed by atoms with Crippen LogP contribution in [0.4, 0.5) is 0 Å². The van der Waals surface area contributed by atoms with Crippen LogP contribution < -0.4 is 0 Å². The van der Waals surface area contributed by atoms with Gasteiger partial charge in [0, 0.05) is 24.3 Å². The molecule has 6 nitrogen and oxygen atoms in total. The van der Waals surface area contributed by atoms with Crippen LogP contribution in [-0.4, -0.2) is 43.1 Å². The first-order chi connectivity index (χ1) is 9.76. The molecule has 2 rings (SSSR count). The van der Waals surface area contributed by atoms with Gasteiger partial charge in [-0.1, -0.05) is 17.5 Å². The predicted molar refractivity (Wildman–Crippen MR) is 75.2 cm³/mol. The summed E-state index contributed by atoms with van der Waals surface area (Å²) in [6.07, 6.45) is 4.06. The van der Waals surface area contributed by atoms with Crippen molar-refractivity contribution in [3.8, 4) is 0 Å². The molecular weight excluding hydrogens is 276 g/mol. The fourth-order valence-electron chi connectivity index (χ4n) is 1.91. The molecule has 1 amide bonds. The van der Waals surface area contributed by atoms with Crippen molar-refractivity contribution in [3.05, 3.63) is 41.2 Å². The number of amides is 1. The zero-order valence-electron chi connectivity index (χ0n) is 11.1. The number of pyridine rings is 1. The Bertz CT molecular complexity index is 529. The van der Waals surface area contributed by atoms with Gasteiger partial charge < -0.3 is 10.0 Å². The molecular formula is C13H16N4O2S. The lowest BCUT2D eigenvalue weighted by molar-refractivity contribution is 0.0557. The molecule has 0 spiro atoms. The highest BCUT2D eigenvalue weighted by molar-refractivity contribution is 7.03. The number of hydrogen-bond acceptors (Lipinski definition) is 6. The number of rotatable bonds is 6. The Kier molecular flexibility index (Phi) is 5.14. The third-order valence-electron chi connectivity index (χ3n) is 3.04. The summed E-state index contributed by atoms with van der Waals surface area (Å²) in [6.45, 7) is 2.24. The lowest BCUT2D eigenvalue weighted by Gasteiger charge is -2.29. The Hall–Kier alpha value is -1.86. The average molecular weight is 292 g/mol. The van der Waals surface area contributed by atoms with Gasteiger partial charge in [-0.2, -0.15) is 0 Å². The van der Waals surface area contributed by atoms with Gasteiger partial charge in [0.15, 0.2) is 5.69 Å². The van der Waals surface area contributed by atoms with Gasteiger partial charge in [0.25, 0.3) is 5.91 Å². The van der Waals surface area contributed by atoms with E-state index in [4.69, 9.17) is 0 Å². The van der Waals surface area contributed by atoms with Gasteiger partial charge in [-0.25, -0.2) is 0 Å². The first-order valence-electron chi connectivity index (χ1n) is 6.34. The second-order valence-electron chi connectivity index (χ2n) is 4.33. The van der Waals surface area contributed by atoms with Gasteiger partial charge in [0.2, 0.25) is 0 Å². The Labute approximate surface area is 121 Å². The predicted octanol–water partition coefficient (Wildman–Crippen LogP) is 1.35. The maximum atomic E-state index is 12.5. The summed E-state index contributed by atoms with van der Waals surface area (Å²) in [5.41, 5.74) is 1.22. The summed E-state index contributed by atoms with van der Waals surface area (Å²) in [5, 5.41) is 14.9. The minimum absolute atomic E-state index is 0.0833. The first kappa shape index (κ1) is 14.5. The van der Waals surface area contributed by atoms with Crippen LogP contribution >= 0.6 is 11.5 Å². The van der Waals surface area contributed by atoms with Gasteiger partial charge in [-0.3, -0.25) is 9.78 Å². The third-order valence-corrected chi connectivity index (χ3v) is 3.54. The van der Waals surface area contributed by atoms with Crippen molar-refractivity contribution in [2.24, 2.45) is 0 Å². The van der Waals surface area contributed by atoms with Crippen LogP contribution in [0.1, 0.15) is 29.4 Å². The number of carbonyl (C=O) groups is 1. The fourth-order valence-corrected chi connectivity index (χ4v) is 2.34. The molecule has 0 aromatic carbocycles. The van der Waals surface area contributed by atoms with Crippen LogP contribution in [0, 0.1) is 0 Å². The molecule has 0 aliphatic rings. The molecule has 20 heavy (non-hydrogen) atoms. The molecule has 0 aliphatic heterocycles. The number of aliphatic hydroxyl groups is 1. The monoisotopic (exact) mass is 292 g/mol. The van der Waals surface area contributed by atoms with Crippen LogP contribution in [0.25, 0.3) is 0 Å². The molecule has 0 unspecified atom stereocenters. The summed E-state index contributed by atoms with van der Waals surface area (Å²) >= 11 is 1.14. The first-order valence-corrected chi connectivity index (χ1v) is 7.17. The van der Waals surface area contributed by atoms with Gasteiger partial charge in [0.1, 0.15) is 0 Å². The van der Waals surface area contributed by atoms with Crippen LogP contribution in [0.5, 0.6) is 0 Å². The molecule has 0 aliphatic carbocycles. The third kappa shape index (κ3) is 3.37.